The largest absolute Gasteiger partial charge is 0.388 e. The van der Waals surface area contributed by atoms with Gasteiger partial charge in [-0.05, 0) is 13.0 Å². The van der Waals surface area contributed by atoms with Gasteiger partial charge in [-0.1, -0.05) is 4.49 Å². The van der Waals surface area contributed by atoms with Crippen LogP contribution in [0.15, 0.2) is 12.3 Å². The maximum atomic E-state index is 5.66. The molecule has 0 amide bonds. The number of aromatic nitrogens is 4. The lowest BCUT2D eigenvalue weighted by Gasteiger charge is -2.00. The summed E-state index contributed by atoms with van der Waals surface area (Å²) in [6.07, 6.45) is 1.76. The fourth-order valence-corrected chi connectivity index (χ4v) is 1.47. The predicted octanol–water partition coefficient (Wildman–Crippen LogP) is 0.674. The van der Waals surface area contributed by atoms with Crippen LogP contribution >= 0.6 is 11.5 Å². The highest BCUT2D eigenvalue weighted by molar-refractivity contribution is 7.09. The number of nitrogens with two attached hydrogens (primary N) is 1. The van der Waals surface area contributed by atoms with Gasteiger partial charge in [-0.3, -0.25) is 4.68 Å². The van der Waals surface area contributed by atoms with Crippen molar-refractivity contribution in [1.29, 1.82) is 0 Å². The Balaban J connectivity index is 2.24. The molecule has 0 fully saturated rings. The second kappa shape index (κ2) is 3.14. The maximum Gasteiger partial charge on any atom is 0.132 e. The fraction of sp³-hybridized carbons (Fsp3) is 0.286. The molecular formula is C7H9N5S. The van der Waals surface area contributed by atoms with Crippen molar-refractivity contribution >= 4 is 16.5 Å². The highest BCUT2D eigenvalue weighted by atomic mass is 32.1. The third kappa shape index (κ3) is 1.52. The minimum atomic E-state index is 0.598. The Morgan fingerprint density at radius 1 is 1.62 bits per heavy atom. The Kier molecular flexibility index (Phi) is 1.97. The molecule has 0 saturated carbocycles. The van der Waals surface area contributed by atoms with Crippen LogP contribution in [0.5, 0.6) is 0 Å². The van der Waals surface area contributed by atoms with Gasteiger partial charge in [-0.15, -0.1) is 5.10 Å². The van der Waals surface area contributed by atoms with Gasteiger partial charge < -0.3 is 5.73 Å². The fourth-order valence-electron chi connectivity index (χ4n) is 1.03. The van der Waals surface area contributed by atoms with Gasteiger partial charge in [0.2, 0.25) is 0 Å². The number of hydrogen-bond donors (Lipinski definition) is 1. The molecule has 5 nitrogen and oxygen atoms in total. The smallest absolute Gasteiger partial charge is 0.132 e. The minimum absolute atomic E-state index is 0.598. The minimum Gasteiger partial charge on any atom is -0.388 e. The van der Waals surface area contributed by atoms with E-state index in [0.717, 1.165) is 11.4 Å². The van der Waals surface area contributed by atoms with Gasteiger partial charge >= 0.3 is 0 Å². The van der Waals surface area contributed by atoms with E-state index in [-0.39, 0.29) is 0 Å². The molecule has 2 N–H and O–H groups in total. The summed E-state index contributed by atoms with van der Waals surface area (Å²) in [6, 6.07) is 1.94. The number of aryl methyl sites for hydroxylation is 1. The van der Waals surface area contributed by atoms with E-state index in [4.69, 9.17) is 5.73 Å². The molecule has 0 saturated heterocycles. The Morgan fingerprint density at radius 2 is 2.46 bits per heavy atom. The number of nitrogen functional groups attached to an aromatic ring is 1. The van der Waals surface area contributed by atoms with Crippen LogP contribution in [0.25, 0.3) is 0 Å². The molecule has 0 atom stereocenters. The molecule has 0 aliphatic carbocycles. The van der Waals surface area contributed by atoms with Crippen LogP contribution in [0, 0.1) is 6.92 Å². The van der Waals surface area contributed by atoms with Gasteiger partial charge in [0.1, 0.15) is 10.7 Å². The molecule has 0 aliphatic rings. The lowest BCUT2D eigenvalue weighted by Crippen LogP contribution is -2.05. The van der Waals surface area contributed by atoms with Gasteiger partial charge in [0, 0.05) is 23.4 Å². The van der Waals surface area contributed by atoms with E-state index in [0.29, 0.717) is 11.5 Å². The van der Waals surface area contributed by atoms with E-state index < -0.39 is 0 Å². The normalized spacial score (nSPS) is 10.5. The van der Waals surface area contributed by atoms with Gasteiger partial charge in [0.05, 0.1) is 6.54 Å². The monoisotopic (exact) mass is 195 g/mol. The maximum absolute atomic E-state index is 5.66. The van der Waals surface area contributed by atoms with E-state index in [1.807, 2.05) is 17.7 Å². The van der Waals surface area contributed by atoms with E-state index in [1.54, 1.807) is 6.20 Å². The first kappa shape index (κ1) is 8.18. The zero-order valence-corrected chi connectivity index (χ0v) is 7.95. The molecule has 2 aromatic heterocycles. The molecule has 2 aromatic rings. The first-order chi connectivity index (χ1) is 6.27. The van der Waals surface area contributed by atoms with E-state index in [1.165, 1.54) is 11.5 Å². The molecule has 0 unspecified atom stereocenters. The topological polar surface area (TPSA) is 69.6 Å². The summed E-state index contributed by atoms with van der Waals surface area (Å²) in [4.78, 5) is 0. The first-order valence-corrected chi connectivity index (χ1v) is 4.60. The Bertz CT molecular complexity index is 366. The quantitative estimate of drug-likeness (QED) is 0.764. The molecular weight excluding hydrogens is 186 g/mol. The predicted molar refractivity (Wildman–Crippen MR) is 50.4 cm³/mol. The summed E-state index contributed by atoms with van der Waals surface area (Å²) in [7, 11) is 0. The molecule has 0 aromatic carbocycles. The van der Waals surface area contributed by atoms with Crippen molar-refractivity contribution in [1.82, 2.24) is 19.4 Å². The Hall–Kier alpha value is -1.43. The second-order valence-corrected chi connectivity index (χ2v) is 3.50. The SMILES string of the molecule is Cc1ccnn1Cc1nnsc1N. The van der Waals surface area contributed by atoms with E-state index >= 15 is 0 Å². The molecule has 0 aliphatic heterocycles. The average Bonchev–Trinajstić information content (AvgIpc) is 2.65. The number of nitrogens with zero attached hydrogens (tertiary/aromatic N) is 4. The standard InChI is InChI=1S/C7H9N5S/c1-5-2-3-9-12(5)4-6-7(8)13-11-10-6/h2-3H,4,8H2,1H3. The van der Waals surface area contributed by atoms with Crippen LogP contribution in [0.3, 0.4) is 0 Å². The molecule has 0 radical (unpaired) electrons. The second-order valence-electron chi connectivity index (χ2n) is 2.71. The van der Waals surface area contributed by atoms with Crippen LogP contribution in [-0.4, -0.2) is 19.4 Å². The van der Waals surface area contributed by atoms with Gasteiger partial charge in [0.15, 0.2) is 0 Å². The number of anilines is 1. The third-order valence-corrected chi connectivity index (χ3v) is 2.41. The van der Waals surface area contributed by atoms with Crippen molar-refractivity contribution in [3.63, 3.8) is 0 Å². The summed E-state index contributed by atoms with van der Waals surface area (Å²) < 4.78 is 5.60. The summed E-state index contributed by atoms with van der Waals surface area (Å²) >= 11 is 1.21. The molecule has 6 heteroatoms. The van der Waals surface area contributed by atoms with Crippen molar-refractivity contribution in [2.24, 2.45) is 0 Å². The summed E-state index contributed by atoms with van der Waals surface area (Å²) in [6.45, 7) is 2.59. The van der Waals surface area contributed by atoms with Crippen LogP contribution < -0.4 is 5.73 Å². The van der Waals surface area contributed by atoms with Crippen molar-refractivity contribution in [3.05, 3.63) is 23.7 Å². The highest BCUT2D eigenvalue weighted by Gasteiger charge is 2.06. The lowest BCUT2D eigenvalue weighted by atomic mass is 10.4. The number of hydrogen-bond acceptors (Lipinski definition) is 5. The van der Waals surface area contributed by atoms with Crippen LogP contribution in [0.2, 0.25) is 0 Å². The highest BCUT2D eigenvalue weighted by Crippen LogP contribution is 2.13. The van der Waals surface area contributed by atoms with Crippen molar-refractivity contribution in [3.8, 4) is 0 Å². The first-order valence-electron chi connectivity index (χ1n) is 3.82. The Labute approximate surface area is 79.4 Å². The number of rotatable bonds is 2. The third-order valence-electron chi connectivity index (χ3n) is 1.81. The summed E-state index contributed by atoms with van der Waals surface area (Å²) in [5, 5.41) is 8.71. The summed E-state index contributed by atoms with van der Waals surface area (Å²) in [5.41, 5.74) is 7.54. The molecule has 2 heterocycles. The molecule has 68 valence electrons. The van der Waals surface area contributed by atoms with Gasteiger partial charge in [-0.2, -0.15) is 5.10 Å². The van der Waals surface area contributed by atoms with Crippen LogP contribution in [-0.2, 0) is 6.54 Å². The van der Waals surface area contributed by atoms with Crippen LogP contribution in [0.1, 0.15) is 11.4 Å². The molecule has 0 bridgehead atoms. The Morgan fingerprint density at radius 3 is 3.00 bits per heavy atom. The van der Waals surface area contributed by atoms with Gasteiger partial charge in [-0.25, -0.2) is 0 Å². The zero-order chi connectivity index (χ0) is 9.26. The molecule has 0 spiro atoms. The van der Waals surface area contributed by atoms with Crippen molar-refractivity contribution in [2.75, 3.05) is 5.73 Å². The molecule has 2 rings (SSSR count). The van der Waals surface area contributed by atoms with Gasteiger partial charge in [0.25, 0.3) is 0 Å². The van der Waals surface area contributed by atoms with Crippen molar-refractivity contribution in [2.45, 2.75) is 13.5 Å². The summed E-state index contributed by atoms with van der Waals surface area (Å²) in [5.74, 6) is 0. The zero-order valence-electron chi connectivity index (χ0n) is 7.14. The average molecular weight is 195 g/mol. The van der Waals surface area contributed by atoms with E-state index in [9.17, 15) is 0 Å². The van der Waals surface area contributed by atoms with Crippen LogP contribution in [0.4, 0.5) is 5.00 Å². The van der Waals surface area contributed by atoms with Crippen molar-refractivity contribution < 1.29 is 0 Å². The lowest BCUT2D eigenvalue weighted by molar-refractivity contribution is 0.652. The molecule has 13 heavy (non-hydrogen) atoms. The van der Waals surface area contributed by atoms with E-state index in [2.05, 4.69) is 14.7 Å².